The number of rotatable bonds is 14. The SMILES string of the molecule is CCC(C)(C)CCCCCCCCCCCCC(=O)O. The smallest absolute Gasteiger partial charge is 0.303 e. The van der Waals surface area contributed by atoms with Gasteiger partial charge in [0.1, 0.15) is 0 Å². The molecule has 0 spiro atoms. The molecule has 0 aromatic heterocycles. The van der Waals surface area contributed by atoms with Crippen molar-refractivity contribution in [1.29, 1.82) is 0 Å². The second-order valence-corrected chi connectivity index (χ2v) is 6.95. The lowest BCUT2D eigenvalue weighted by atomic mass is 9.84. The van der Waals surface area contributed by atoms with E-state index < -0.39 is 5.97 Å². The summed E-state index contributed by atoms with van der Waals surface area (Å²) in [6, 6.07) is 0. The molecular weight excluding hydrogens is 248 g/mol. The van der Waals surface area contributed by atoms with Crippen LogP contribution < -0.4 is 0 Å². The average Bonchev–Trinajstić information content (AvgIpc) is 2.39. The molecule has 0 aliphatic rings. The summed E-state index contributed by atoms with van der Waals surface area (Å²) in [5.74, 6) is -0.656. The molecule has 0 atom stereocenters. The predicted molar refractivity (Wildman–Crippen MR) is 87.1 cm³/mol. The van der Waals surface area contributed by atoms with E-state index in [1.165, 1.54) is 64.2 Å². The number of carboxylic acids is 1. The molecule has 0 aliphatic heterocycles. The van der Waals surface area contributed by atoms with Crippen LogP contribution in [-0.2, 0) is 4.79 Å². The minimum atomic E-state index is -0.656. The van der Waals surface area contributed by atoms with Gasteiger partial charge in [-0.2, -0.15) is 0 Å². The van der Waals surface area contributed by atoms with Gasteiger partial charge >= 0.3 is 5.97 Å². The molecule has 0 aliphatic carbocycles. The molecule has 0 bridgehead atoms. The normalized spacial score (nSPS) is 11.8. The minimum absolute atomic E-state index is 0.341. The summed E-state index contributed by atoms with van der Waals surface area (Å²) >= 11 is 0. The third-order valence-corrected chi connectivity index (χ3v) is 4.45. The van der Waals surface area contributed by atoms with Crippen LogP contribution in [0.3, 0.4) is 0 Å². The second-order valence-electron chi connectivity index (χ2n) is 6.95. The van der Waals surface area contributed by atoms with E-state index in [9.17, 15) is 4.79 Å². The quantitative estimate of drug-likeness (QED) is 0.386. The first-order chi connectivity index (χ1) is 9.48. The van der Waals surface area contributed by atoms with Crippen LogP contribution in [0.15, 0.2) is 0 Å². The van der Waals surface area contributed by atoms with Crippen molar-refractivity contribution in [1.82, 2.24) is 0 Å². The van der Waals surface area contributed by atoms with Crippen molar-refractivity contribution in [3.8, 4) is 0 Å². The third kappa shape index (κ3) is 13.9. The van der Waals surface area contributed by atoms with Crippen LogP contribution >= 0.6 is 0 Å². The highest BCUT2D eigenvalue weighted by molar-refractivity contribution is 5.66. The molecule has 1 N–H and O–H groups in total. The maximum Gasteiger partial charge on any atom is 0.303 e. The first-order valence-electron chi connectivity index (χ1n) is 8.70. The summed E-state index contributed by atoms with van der Waals surface area (Å²) in [5.41, 5.74) is 0.538. The highest BCUT2D eigenvalue weighted by atomic mass is 16.4. The van der Waals surface area contributed by atoms with Crippen molar-refractivity contribution < 1.29 is 9.90 Å². The maximum absolute atomic E-state index is 10.3. The van der Waals surface area contributed by atoms with Gasteiger partial charge in [0.2, 0.25) is 0 Å². The van der Waals surface area contributed by atoms with Gasteiger partial charge in [0.25, 0.3) is 0 Å². The monoisotopic (exact) mass is 284 g/mol. The largest absolute Gasteiger partial charge is 0.481 e. The third-order valence-electron chi connectivity index (χ3n) is 4.45. The van der Waals surface area contributed by atoms with E-state index in [0.717, 1.165) is 12.8 Å². The molecule has 0 heterocycles. The second kappa shape index (κ2) is 12.2. The van der Waals surface area contributed by atoms with Crippen LogP contribution in [0.25, 0.3) is 0 Å². The molecule has 0 amide bonds. The highest BCUT2D eigenvalue weighted by Gasteiger charge is 2.13. The lowest BCUT2D eigenvalue weighted by molar-refractivity contribution is -0.137. The topological polar surface area (TPSA) is 37.3 Å². The Kier molecular flexibility index (Phi) is 11.9. The first kappa shape index (κ1) is 19.5. The summed E-state index contributed by atoms with van der Waals surface area (Å²) < 4.78 is 0. The zero-order chi connectivity index (χ0) is 15.3. The van der Waals surface area contributed by atoms with Crippen molar-refractivity contribution in [2.45, 2.75) is 104 Å². The standard InChI is InChI=1S/C18H36O2/c1-4-18(2,3)16-14-12-10-8-6-5-7-9-11-13-15-17(19)20/h4-16H2,1-3H3,(H,19,20). The summed E-state index contributed by atoms with van der Waals surface area (Å²) in [5, 5.41) is 8.52. The molecule has 20 heavy (non-hydrogen) atoms. The first-order valence-corrected chi connectivity index (χ1v) is 8.70. The van der Waals surface area contributed by atoms with Gasteiger partial charge in [-0.1, -0.05) is 85.0 Å². The predicted octanol–water partition coefficient (Wildman–Crippen LogP) is 6.19. The Morgan fingerprint density at radius 1 is 0.800 bits per heavy atom. The maximum atomic E-state index is 10.3. The number of hydrogen-bond donors (Lipinski definition) is 1. The van der Waals surface area contributed by atoms with Gasteiger partial charge in [-0.15, -0.1) is 0 Å². The van der Waals surface area contributed by atoms with E-state index in [1.54, 1.807) is 0 Å². The lowest BCUT2D eigenvalue weighted by Gasteiger charge is -2.22. The average molecular weight is 284 g/mol. The minimum Gasteiger partial charge on any atom is -0.481 e. The number of carboxylic acid groups (broad SMARTS) is 1. The van der Waals surface area contributed by atoms with Crippen molar-refractivity contribution in [3.05, 3.63) is 0 Å². The van der Waals surface area contributed by atoms with E-state index >= 15 is 0 Å². The Balaban J connectivity index is 3.12. The van der Waals surface area contributed by atoms with Crippen molar-refractivity contribution in [3.63, 3.8) is 0 Å². The number of carbonyl (C=O) groups is 1. The van der Waals surface area contributed by atoms with E-state index in [0.29, 0.717) is 11.8 Å². The zero-order valence-electron chi connectivity index (χ0n) is 14.0. The molecule has 2 nitrogen and oxygen atoms in total. The molecule has 120 valence electrons. The molecule has 0 aromatic carbocycles. The Labute approximate surface area is 126 Å². The Hall–Kier alpha value is -0.530. The van der Waals surface area contributed by atoms with Gasteiger partial charge in [-0.25, -0.2) is 0 Å². The van der Waals surface area contributed by atoms with Crippen LogP contribution in [0.2, 0.25) is 0 Å². The van der Waals surface area contributed by atoms with E-state index in [1.807, 2.05) is 0 Å². The summed E-state index contributed by atoms with van der Waals surface area (Å²) in [7, 11) is 0. The van der Waals surface area contributed by atoms with Crippen LogP contribution in [0.4, 0.5) is 0 Å². The fraction of sp³-hybridized carbons (Fsp3) is 0.944. The van der Waals surface area contributed by atoms with Crippen molar-refractivity contribution in [2.24, 2.45) is 5.41 Å². The van der Waals surface area contributed by atoms with E-state index in [-0.39, 0.29) is 0 Å². The van der Waals surface area contributed by atoms with Gasteiger partial charge in [0, 0.05) is 6.42 Å². The van der Waals surface area contributed by atoms with Gasteiger partial charge in [-0.3, -0.25) is 4.79 Å². The molecule has 0 saturated heterocycles. The van der Waals surface area contributed by atoms with Crippen molar-refractivity contribution >= 4 is 5.97 Å². The Morgan fingerprint density at radius 2 is 1.20 bits per heavy atom. The zero-order valence-corrected chi connectivity index (χ0v) is 14.0. The molecule has 0 rings (SSSR count). The van der Waals surface area contributed by atoms with Crippen molar-refractivity contribution in [2.75, 3.05) is 0 Å². The highest BCUT2D eigenvalue weighted by Crippen LogP contribution is 2.27. The molecule has 2 heteroatoms. The summed E-state index contributed by atoms with van der Waals surface area (Å²) in [4.78, 5) is 10.3. The van der Waals surface area contributed by atoms with Gasteiger partial charge in [0.05, 0.1) is 0 Å². The lowest BCUT2D eigenvalue weighted by Crippen LogP contribution is -2.08. The Morgan fingerprint density at radius 3 is 1.60 bits per heavy atom. The van der Waals surface area contributed by atoms with Gasteiger partial charge in [-0.05, 0) is 18.3 Å². The summed E-state index contributed by atoms with van der Waals surface area (Å²) in [6.45, 7) is 7.03. The van der Waals surface area contributed by atoms with Gasteiger partial charge < -0.3 is 5.11 Å². The van der Waals surface area contributed by atoms with Gasteiger partial charge in [0.15, 0.2) is 0 Å². The van der Waals surface area contributed by atoms with Crippen LogP contribution in [0, 0.1) is 5.41 Å². The summed E-state index contributed by atoms with van der Waals surface area (Å²) in [6.07, 6.45) is 15.6. The van der Waals surface area contributed by atoms with E-state index in [4.69, 9.17) is 5.11 Å². The molecular formula is C18H36O2. The number of unbranched alkanes of at least 4 members (excludes halogenated alkanes) is 9. The molecule has 0 saturated carbocycles. The Bertz CT molecular complexity index is 234. The van der Waals surface area contributed by atoms with Crippen LogP contribution in [0.1, 0.15) is 104 Å². The molecule has 0 unspecified atom stereocenters. The molecule has 0 fully saturated rings. The van der Waals surface area contributed by atoms with E-state index in [2.05, 4.69) is 20.8 Å². The number of hydrogen-bond acceptors (Lipinski definition) is 1. The van der Waals surface area contributed by atoms with Crippen LogP contribution in [-0.4, -0.2) is 11.1 Å². The van der Waals surface area contributed by atoms with Crippen LogP contribution in [0.5, 0.6) is 0 Å². The fourth-order valence-electron chi connectivity index (χ4n) is 2.47. The molecule has 0 radical (unpaired) electrons. The number of aliphatic carboxylic acids is 1. The fourth-order valence-corrected chi connectivity index (χ4v) is 2.47. The molecule has 0 aromatic rings.